The van der Waals surface area contributed by atoms with Crippen molar-refractivity contribution in [2.24, 2.45) is 0 Å². The van der Waals surface area contributed by atoms with Gasteiger partial charge in [0.1, 0.15) is 5.15 Å². The van der Waals surface area contributed by atoms with Crippen LogP contribution >= 0.6 is 11.6 Å². The standard InChI is InChI=1S/C12H18ClN3O2S/c1-9(16(2)10-3-4-10)8-15-19(17,18)11-5-6-14-12(13)7-11/h5-7,9-10,15H,3-4,8H2,1-2H3. The van der Waals surface area contributed by atoms with Crippen molar-refractivity contribution in [1.29, 1.82) is 0 Å². The SMILES string of the molecule is CC(CNS(=O)(=O)c1ccnc(Cl)c1)N(C)C1CC1. The first kappa shape index (κ1) is 14.7. The third kappa shape index (κ3) is 3.89. The van der Waals surface area contributed by atoms with Gasteiger partial charge in [0.05, 0.1) is 4.90 Å². The summed E-state index contributed by atoms with van der Waals surface area (Å²) in [5.74, 6) is 0. The zero-order valence-electron chi connectivity index (χ0n) is 11.0. The maximum atomic E-state index is 12.1. The fourth-order valence-corrected chi connectivity index (χ4v) is 3.22. The Labute approximate surface area is 119 Å². The molecule has 1 unspecified atom stereocenters. The number of halogens is 1. The van der Waals surface area contributed by atoms with E-state index >= 15 is 0 Å². The Bertz CT molecular complexity index is 546. The summed E-state index contributed by atoms with van der Waals surface area (Å²) in [6.07, 6.45) is 3.79. The normalized spacial score (nSPS) is 17.7. The average molecular weight is 304 g/mol. The quantitative estimate of drug-likeness (QED) is 0.809. The second-order valence-corrected chi connectivity index (χ2v) is 7.07. The van der Waals surface area contributed by atoms with Crippen molar-refractivity contribution in [3.8, 4) is 0 Å². The molecule has 0 amide bonds. The molecule has 19 heavy (non-hydrogen) atoms. The lowest BCUT2D eigenvalue weighted by Crippen LogP contribution is -2.41. The van der Waals surface area contributed by atoms with Crippen LogP contribution in [0.4, 0.5) is 0 Å². The van der Waals surface area contributed by atoms with Gasteiger partial charge in [-0.15, -0.1) is 0 Å². The summed E-state index contributed by atoms with van der Waals surface area (Å²) in [6, 6.07) is 3.55. The van der Waals surface area contributed by atoms with Crippen molar-refractivity contribution in [1.82, 2.24) is 14.6 Å². The van der Waals surface area contributed by atoms with Crippen molar-refractivity contribution < 1.29 is 8.42 Å². The highest BCUT2D eigenvalue weighted by atomic mass is 35.5. The van der Waals surface area contributed by atoms with Crippen LogP contribution < -0.4 is 4.72 Å². The predicted molar refractivity (Wildman–Crippen MR) is 74.7 cm³/mol. The van der Waals surface area contributed by atoms with Gasteiger partial charge < -0.3 is 0 Å². The van der Waals surface area contributed by atoms with Crippen LogP contribution in [0, 0.1) is 0 Å². The number of hydrogen-bond donors (Lipinski definition) is 1. The van der Waals surface area contributed by atoms with Crippen LogP contribution in [-0.2, 0) is 10.0 Å². The first-order valence-corrected chi connectivity index (χ1v) is 8.09. The molecule has 0 bridgehead atoms. The molecule has 0 radical (unpaired) electrons. The molecule has 0 saturated heterocycles. The summed E-state index contributed by atoms with van der Waals surface area (Å²) in [6.45, 7) is 2.40. The summed E-state index contributed by atoms with van der Waals surface area (Å²) in [5.41, 5.74) is 0. The minimum Gasteiger partial charge on any atom is -0.299 e. The van der Waals surface area contributed by atoms with Crippen molar-refractivity contribution in [2.45, 2.75) is 36.7 Å². The van der Waals surface area contributed by atoms with E-state index in [0.717, 1.165) is 0 Å². The summed E-state index contributed by atoms with van der Waals surface area (Å²) < 4.78 is 26.8. The van der Waals surface area contributed by atoms with Gasteiger partial charge in [0.25, 0.3) is 0 Å². The average Bonchev–Trinajstić information content (AvgIpc) is 3.19. The van der Waals surface area contributed by atoms with Gasteiger partial charge in [-0.3, -0.25) is 4.90 Å². The molecule has 1 aliphatic rings. The van der Waals surface area contributed by atoms with Gasteiger partial charge >= 0.3 is 0 Å². The predicted octanol–water partition coefficient (Wildman–Crippen LogP) is 1.50. The van der Waals surface area contributed by atoms with Gasteiger partial charge in [0.15, 0.2) is 0 Å². The van der Waals surface area contributed by atoms with Crippen LogP contribution in [0.2, 0.25) is 5.15 Å². The van der Waals surface area contributed by atoms with Crippen LogP contribution in [0.5, 0.6) is 0 Å². The molecule has 1 fully saturated rings. The van der Waals surface area contributed by atoms with E-state index in [1.54, 1.807) is 0 Å². The number of nitrogens with one attached hydrogen (secondary N) is 1. The fourth-order valence-electron chi connectivity index (χ4n) is 1.85. The number of rotatable bonds is 6. The topological polar surface area (TPSA) is 62.3 Å². The van der Waals surface area contributed by atoms with E-state index < -0.39 is 10.0 Å². The Balaban J connectivity index is 1.97. The number of hydrogen-bond acceptors (Lipinski definition) is 4. The van der Waals surface area contributed by atoms with Crippen molar-refractivity contribution >= 4 is 21.6 Å². The molecule has 5 nitrogen and oxygen atoms in total. The zero-order chi connectivity index (χ0) is 14.0. The Hall–Kier alpha value is -0.690. The van der Waals surface area contributed by atoms with Crippen LogP contribution in [0.1, 0.15) is 19.8 Å². The number of aromatic nitrogens is 1. The van der Waals surface area contributed by atoms with E-state index in [2.05, 4.69) is 14.6 Å². The number of sulfonamides is 1. The smallest absolute Gasteiger partial charge is 0.240 e. The van der Waals surface area contributed by atoms with Crippen molar-refractivity contribution in [2.75, 3.05) is 13.6 Å². The zero-order valence-corrected chi connectivity index (χ0v) is 12.6. The number of nitrogens with zero attached hydrogens (tertiary/aromatic N) is 2. The number of pyridine rings is 1. The Morgan fingerprint density at radius 3 is 2.84 bits per heavy atom. The van der Waals surface area contributed by atoms with Gasteiger partial charge in [-0.2, -0.15) is 0 Å². The monoisotopic (exact) mass is 303 g/mol. The van der Waals surface area contributed by atoms with Crippen LogP contribution in [0.15, 0.2) is 23.2 Å². The Morgan fingerprint density at radius 2 is 2.26 bits per heavy atom. The molecule has 1 aromatic rings. The van der Waals surface area contributed by atoms with E-state index in [0.29, 0.717) is 12.6 Å². The highest BCUT2D eigenvalue weighted by Gasteiger charge is 2.29. The molecule has 0 aliphatic heterocycles. The molecule has 0 aromatic carbocycles. The van der Waals surface area contributed by atoms with Crippen molar-refractivity contribution in [3.63, 3.8) is 0 Å². The van der Waals surface area contributed by atoms with E-state index in [-0.39, 0.29) is 16.1 Å². The minimum absolute atomic E-state index is 0.147. The van der Waals surface area contributed by atoms with Gasteiger partial charge in [-0.05, 0) is 38.9 Å². The fraction of sp³-hybridized carbons (Fsp3) is 0.583. The summed E-state index contributed by atoms with van der Waals surface area (Å²) in [4.78, 5) is 6.13. The molecule has 1 saturated carbocycles. The molecule has 1 atom stereocenters. The molecular weight excluding hydrogens is 286 g/mol. The molecule has 1 N–H and O–H groups in total. The van der Waals surface area contributed by atoms with E-state index in [4.69, 9.17) is 11.6 Å². The third-order valence-corrected chi connectivity index (χ3v) is 5.02. The molecule has 0 spiro atoms. The largest absolute Gasteiger partial charge is 0.299 e. The lowest BCUT2D eigenvalue weighted by Gasteiger charge is -2.24. The Morgan fingerprint density at radius 1 is 1.58 bits per heavy atom. The molecule has 2 rings (SSSR count). The maximum absolute atomic E-state index is 12.1. The second-order valence-electron chi connectivity index (χ2n) is 4.91. The minimum atomic E-state index is -3.52. The molecular formula is C12H18ClN3O2S. The van der Waals surface area contributed by atoms with Gasteiger partial charge in [-0.25, -0.2) is 18.1 Å². The lowest BCUT2D eigenvalue weighted by molar-refractivity contribution is 0.248. The second kappa shape index (κ2) is 5.75. The van der Waals surface area contributed by atoms with Crippen molar-refractivity contribution in [3.05, 3.63) is 23.5 Å². The highest BCUT2D eigenvalue weighted by Crippen LogP contribution is 2.26. The van der Waals surface area contributed by atoms with Crippen LogP contribution in [0.25, 0.3) is 0 Å². The maximum Gasteiger partial charge on any atom is 0.240 e. The summed E-state index contributed by atoms with van der Waals surface area (Å²) in [7, 11) is -1.49. The van der Waals surface area contributed by atoms with Crippen LogP contribution in [-0.4, -0.2) is 44.0 Å². The summed E-state index contributed by atoms with van der Waals surface area (Å²) in [5, 5.41) is 0.172. The van der Waals surface area contributed by atoms with E-state index in [9.17, 15) is 8.42 Å². The molecule has 106 valence electrons. The van der Waals surface area contributed by atoms with Gasteiger partial charge in [0.2, 0.25) is 10.0 Å². The van der Waals surface area contributed by atoms with Crippen LogP contribution in [0.3, 0.4) is 0 Å². The molecule has 1 heterocycles. The molecule has 7 heteroatoms. The Kier molecular flexibility index (Phi) is 4.45. The molecule has 1 aliphatic carbocycles. The third-order valence-electron chi connectivity index (χ3n) is 3.40. The highest BCUT2D eigenvalue weighted by molar-refractivity contribution is 7.89. The first-order chi connectivity index (χ1) is 8.90. The first-order valence-electron chi connectivity index (χ1n) is 6.23. The lowest BCUT2D eigenvalue weighted by atomic mass is 10.3. The van der Waals surface area contributed by atoms with E-state index in [1.165, 1.54) is 31.2 Å². The molecule has 1 aromatic heterocycles. The van der Waals surface area contributed by atoms with Gasteiger partial charge in [0, 0.05) is 24.8 Å². The van der Waals surface area contributed by atoms with E-state index in [1.807, 2.05) is 14.0 Å². The van der Waals surface area contributed by atoms with Gasteiger partial charge in [-0.1, -0.05) is 11.6 Å². The summed E-state index contributed by atoms with van der Waals surface area (Å²) >= 11 is 5.70. The number of likely N-dealkylation sites (N-methyl/N-ethyl adjacent to an activating group) is 1.